The molecule has 2 aliphatic heterocycles. The Bertz CT molecular complexity index is 2920. The van der Waals surface area contributed by atoms with Crippen molar-refractivity contribution < 1.29 is 49.1 Å². The van der Waals surface area contributed by atoms with Gasteiger partial charge in [-0.3, -0.25) is 19.5 Å². The molecule has 1 aromatic heterocycles. The number of carbonyl (C=O) groups excluding carboxylic acids is 2. The number of nitrogens with zero attached hydrogens (tertiary/aromatic N) is 3. The van der Waals surface area contributed by atoms with E-state index in [1.54, 1.807) is 43.6 Å². The molecule has 0 radical (unpaired) electrons. The van der Waals surface area contributed by atoms with E-state index >= 15 is 0 Å². The molecule has 2 aliphatic rings. The monoisotopic (exact) mass is 1100 g/mol. The molecule has 5 atom stereocenters. The smallest absolute Gasteiger partial charge is 0.369 e. The third-order valence-corrected chi connectivity index (χ3v) is 15.4. The van der Waals surface area contributed by atoms with E-state index in [9.17, 15) is 49.1 Å². The summed E-state index contributed by atoms with van der Waals surface area (Å²) in [6.07, 6.45) is -3.17. The van der Waals surface area contributed by atoms with E-state index in [0.29, 0.717) is 35.9 Å². The largest absolute Gasteiger partial charge is 0.416 e. The molecule has 0 bridgehead atoms. The van der Waals surface area contributed by atoms with Crippen LogP contribution in [0.1, 0.15) is 150 Å². The van der Waals surface area contributed by atoms with Crippen molar-refractivity contribution in [3.63, 3.8) is 0 Å². The summed E-state index contributed by atoms with van der Waals surface area (Å²) in [6.45, 7) is 12.6. The van der Waals surface area contributed by atoms with Crippen LogP contribution in [-0.4, -0.2) is 52.8 Å². The number of hydrogen-bond donors (Lipinski definition) is 0. The van der Waals surface area contributed by atoms with Crippen LogP contribution in [0.25, 0.3) is 22.3 Å². The van der Waals surface area contributed by atoms with Gasteiger partial charge in [-0.05, 0) is 188 Å². The Kier molecular flexibility index (Phi) is 20.1. The number of alkyl halides is 9. The highest BCUT2D eigenvalue weighted by atomic mass is 19.4. The van der Waals surface area contributed by atoms with Crippen molar-refractivity contribution in [2.24, 2.45) is 11.8 Å². The number of halogens is 9. The van der Waals surface area contributed by atoms with Crippen LogP contribution in [0.3, 0.4) is 0 Å². The summed E-state index contributed by atoms with van der Waals surface area (Å²) in [4.78, 5) is 33.3. The van der Waals surface area contributed by atoms with E-state index in [2.05, 4.69) is 60.1 Å². The van der Waals surface area contributed by atoms with Crippen LogP contribution < -0.4 is 4.90 Å². The van der Waals surface area contributed by atoms with Crippen molar-refractivity contribution in [3.8, 4) is 22.3 Å². The van der Waals surface area contributed by atoms with Crippen molar-refractivity contribution in [2.75, 3.05) is 18.0 Å². The molecule has 4 unspecified atom stereocenters. The molecule has 3 heterocycles. The summed E-state index contributed by atoms with van der Waals surface area (Å²) >= 11 is 0. The lowest BCUT2D eigenvalue weighted by atomic mass is 9.81. The van der Waals surface area contributed by atoms with Gasteiger partial charge in [-0.1, -0.05) is 107 Å². The number of benzene rings is 5. The Balaban J connectivity index is 0.000000229. The molecule has 8 rings (SSSR count). The minimum absolute atomic E-state index is 0.0330. The molecule has 0 saturated carbocycles. The van der Waals surface area contributed by atoms with E-state index in [-0.39, 0.29) is 48.8 Å². The lowest BCUT2D eigenvalue weighted by Crippen LogP contribution is -2.50. The first-order valence-corrected chi connectivity index (χ1v) is 27.5. The topological polar surface area (TPSA) is 53.5 Å². The van der Waals surface area contributed by atoms with Crippen LogP contribution in [0, 0.1) is 11.8 Å². The van der Waals surface area contributed by atoms with E-state index in [1.165, 1.54) is 35.9 Å². The van der Waals surface area contributed by atoms with Gasteiger partial charge in [0.05, 0.1) is 11.1 Å². The first-order chi connectivity index (χ1) is 37.3. The number of likely N-dealkylation sites (tertiary alicyclic amines) is 1. The number of anilines is 1. The molecule has 0 aliphatic carbocycles. The van der Waals surface area contributed by atoms with Gasteiger partial charge < -0.3 is 4.90 Å². The van der Waals surface area contributed by atoms with Gasteiger partial charge in [-0.25, -0.2) is 0 Å². The van der Waals surface area contributed by atoms with Crippen molar-refractivity contribution in [2.45, 2.75) is 154 Å². The number of rotatable bonds is 17. The molecule has 0 spiro atoms. The van der Waals surface area contributed by atoms with E-state index in [1.807, 2.05) is 44.2 Å². The maximum atomic E-state index is 14.0. The van der Waals surface area contributed by atoms with Gasteiger partial charge >= 0.3 is 18.5 Å². The lowest BCUT2D eigenvalue weighted by molar-refractivity contribution is -0.194. The molecule has 5 aromatic carbocycles. The van der Waals surface area contributed by atoms with Gasteiger partial charge in [-0.2, -0.15) is 39.5 Å². The first-order valence-electron chi connectivity index (χ1n) is 27.5. The third kappa shape index (κ3) is 16.6. The first kappa shape index (κ1) is 60.4. The van der Waals surface area contributed by atoms with Crippen LogP contribution in [0.4, 0.5) is 45.2 Å². The zero-order valence-corrected chi connectivity index (χ0v) is 45.9. The molecular weight excluding hydrogens is 1030 g/mol. The Morgan fingerprint density at radius 1 is 0.582 bits per heavy atom. The minimum Gasteiger partial charge on any atom is -0.369 e. The summed E-state index contributed by atoms with van der Waals surface area (Å²) in [6, 6.07) is 34.7. The molecule has 0 N–H and O–H groups in total. The molecule has 2 saturated heterocycles. The Hall–Kier alpha value is -6.28. The maximum absolute atomic E-state index is 14.0. The predicted octanol–water partition coefficient (Wildman–Crippen LogP) is 17.9. The molecule has 79 heavy (non-hydrogen) atoms. The van der Waals surface area contributed by atoms with Crippen LogP contribution in [0.15, 0.2) is 140 Å². The highest BCUT2D eigenvalue weighted by Crippen LogP contribution is 2.42. The number of Topliss-reactive ketones (excluding diaryl/α,β-unsaturated/α-hetero) is 2. The number of carbonyl (C=O) groups is 2. The summed E-state index contributed by atoms with van der Waals surface area (Å²) in [5.41, 5.74) is 6.92. The average Bonchev–Trinajstić information content (AvgIpc) is 3.41. The molecule has 14 heteroatoms. The molecule has 2 fully saturated rings. The van der Waals surface area contributed by atoms with Crippen LogP contribution >= 0.6 is 0 Å². The van der Waals surface area contributed by atoms with Crippen LogP contribution in [0.2, 0.25) is 0 Å². The summed E-state index contributed by atoms with van der Waals surface area (Å²) in [5.74, 6) is -0.285. The predicted molar refractivity (Wildman–Crippen MR) is 296 cm³/mol. The van der Waals surface area contributed by atoms with Gasteiger partial charge in [0.15, 0.2) is 0 Å². The number of piperidine rings is 2. The van der Waals surface area contributed by atoms with Crippen molar-refractivity contribution in [1.29, 1.82) is 0 Å². The number of hydrogen-bond acceptors (Lipinski definition) is 5. The molecule has 5 nitrogen and oxygen atoms in total. The zero-order chi connectivity index (χ0) is 57.2. The summed E-state index contributed by atoms with van der Waals surface area (Å²) in [7, 11) is 0. The Labute approximate surface area is 459 Å². The number of ketones is 2. The lowest BCUT2D eigenvalue weighted by Gasteiger charge is -2.41. The van der Waals surface area contributed by atoms with Crippen LogP contribution in [-0.2, 0) is 34.9 Å². The highest BCUT2D eigenvalue weighted by Gasteiger charge is 2.46. The number of aryl methyl sites for hydroxylation is 1. The summed E-state index contributed by atoms with van der Waals surface area (Å²) < 4.78 is 121. The van der Waals surface area contributed by atoms with E-state index in [4.69, 9.17) is 0 Å². The normalized spacial score (nSPS) is 18.2. The quantitative estimate of drug-likeness (QED) is 0.0852. The summed E-state index contributed by atoms with van der Waals surface area (Å²) in [5, 5.41) is 0. The Morgan fingerprint density at radius 3 is 1.62 bits per heavy atom. The second-order valence-electron chi connectivity index (χ2n) is 22.4. The molecule has 6 aromatic rings. The van der Waals surface area contributed by atoms with E-state index in [0.717, 1.165) is 102 Å². The molecule has 422 valence electrons. The maximum Gasteiger partial charge on any atom is 0.416 e. The van der Waals surface area contributed by atoms with Crippen molar-refractivity contribution in [1.82, 2.24) is 9.88 Å². The number of aromatic nitrogens is 1. The zero-order valence-electron chi connectivity index (χ0n) is 45.9. The number of pyridine rings is 1. The van der Waals surface area contributed by atoms with Gasteiger partial charge in [0.25, 0.3) is 0 Å². The van der Waals surface area contributed by atoms with E-state index < -0.39 is 41.6 Å². The second-order valence-corrected chi connectivity index (χ2v) is 22.4. The fourth-order valence-corrected chi connectivity index (χ4v) is 11.4. The van der Waals surface area contributed by atoms with Crippen molar-refractivity contribution in [3.05, 3.63) is 179 Å². The van der Waals surface area contributed by atoms with Gasteiger partial charge in [0.1, 0.15) is 17.6 Å². The SMILES string of the molecule is CC(=O)C(CC(C)C)c1cc(-c2ccc(C(F)(F)F)cc2)cc(C2CCC(C(F)(F)F)N(Cc3ccncc3)C2)c1.CC(=O)[C@H](CC(C)C)c1cc(-c2ccc(C(F)(F)F)cc2)cc(N2CCCCC2CCc2ccccc2)c1. The fourth-order valence-electron chi connectivity index (χ4n) is 11.4. The van der Waals surface area contributed by atoms with Gasteiger partial charge in [0, 0.05) is 55.6 Å². The fraction of sp³-hybridized carbons (Fsp3) is 0.431. The molecule has 0 amide bonds. The average molecular weight is 1100 g/mol. The third-order valence-electron chi connectivity index (χ3n) is 15.4. The van der Waals surface area contributed by atoms with Crippen molar-refractivity contribution >= 4 is 17.3 Å². The second kappa shape index (κ2) is 26.3. The van der Waals surface area contributed by atoms with Gasteiger partial charge in [-0.15, -0.1) is 0 Å². The minimum atomic E-state index is -4.47. The molecular formula is C65H72F9N3O2. The standard InChI is InChI=1S/C33H38F3NO.C32H34F6N2O/c1-23(2)19-32(24(3)38)28-20-27(26-13-15-29(16-14-26)33(34,35)36)21-31(22-28)37-18-8-7-11-30(37)17-12-25-9-5-4-6-10-25;1-20(2)14-29(21(3)41)27-16-25(23-4-7-28(8-5-23)31(33,34)35)15-26(17-27)24-6-9-30(32(36,37)38)40(19-24)18-22-10-12-39-13-11-22/h4-6,9-10,13-16,20-23,30,32H,7-8,11-12,17-19H2,1-3H3;4-5,7-8,10-13,15-17,20,24,29-30H,6,9,14,18-19H2,1-3H3/t30?,32-;/m0./s1. The Morgan fingerprint density at radius 2 is 1.11 bits per heavy atom. The highest BCUT2D eigenvalue weighted by molar-refractivity contribution is 5.85. The van der Waals surface area contributed by atoms with Gasteiger partial charge in [0.2, 0.25) is 0 Å². The van der Waals surface area contributed by atoms with Crippen LogP contribution in [0.5, 0.6) is 0 Å².